The zero-order chi connectivity index (χ0) is 11.4. The molecule has 0 spiro atoms. The Balaban J connectivity index is 2.58. The molecule has 15 heavy (non-hydrogen) atoms. The van der Waals surface area contributed by atoms with Crippen molar-refractivity contribution in [2.45, 2.75) is 59.8 Å². The van der Waals surface area contributed by atoms with Gasteiger partial charge in [-0.05, 0) is 43.9 Å². The van der Waals surface area contributed by atoms with E-state index in [1.165, 1.54) is 6.42 Å². The molecule has 0 aromatic rings. The topological polar surface area (TPSA) is 17.1 Å². The minimum atomic E-state index is 0.326. The summed E-state index contributed by atoms with van der Waals surface area (Å²) in [6, 6.07) is 0. The fourth-order valence-corrected chi connectivity index (χ4v) is 3.20. The van der Waals surface area contributed by atoms with E-state index >= 15 is 0 Å². The van der Waals surface area contributed by atoms with E-state index in [0.29, 0.717) is 17.6 Å². The van der Waals surface area contributed by atoms with Gasteiger partial charge in [0.1, 0.15) is 5.78 Å². The largest absolute Gasteiger partial charge is 0.299 e. The lowest BCUT2D eigenvalue weighted by Crippen LogP contribution is -2.30. The van der Waals surface area contributed by atoms with Gasteiger partial charge in [-0.25, -0.2) is 0 Å². The first-order valence-electron chi connectivity index (χ1n) is 6.62. The van der Waals surface area contributed by atoms with Crippen molar-refractivity contribution < 1.29 is 4.79 Å². The van der Waals surface area contributed by atoms with Crippen LogP contribution in [0.15, 0.2) is 0 Å². The van der Waals surface area contributed by atoms with Crippen LogP contribution in [0.5, 0.6) is 0 Å². The average Bonchev–Trinajstić information content (AvgIpc) is 2.18. The molecule has 0 aromatic carbocycles. The van der Waals surface area contributed by atoms with Crippen molar-refractivity contribution in [3.8, 4) is 0 Å². The van der Waals surface area contributed by atoms with Gasteiger partial charge in [-0.15, -0.1) is 0 Å². The van der Waals surface area contributed by atoms with Crippen molar-refractivity contribution in [3.63, 3.8) is 0 Å². The number of rotatable bonds is 4. The van der Waals surface area contributed by atoms with Gasteiger partial charge < -0.3 is 0 Å². The molecule has 0 saturated heterocycles. The van der Waals surface area contributed by atoms with E-state index in [4.69, 9.17) is 0 Å². The van der Waals surface area contributed by atoms with E-state index < -0.39 is 0 Å². The fraction of sp³-hybridized carbons (Fsp3) is 0.929. The first-order chi connectivity index (χ1) is 7.08. The molecule has 1 aliphatic rings. The van der Waals surface area contributed by atoms with Crippen molar-refractivity contribution in [1.29, 1.82) is 0 Å². The van der Waals surface area contributed by atoms with Crippen LogP contribution in [0.25, 0.3) is 0 Å². The standard InChI is InChI=1S/C14H26O/c1-5-12(6-2)14(15)13-8-10(3)7-11(4)9-13/h10-13H,5-9H2,1-4H3. The minimum Gasteiger partial charge on any atom is -0.299 e. The van der Waals surface area contributed by atoms with Gasteiger partial charge in [-0.1, -0.05) is 27.7 Å². The Bertz CT molecular complexity index is 195. The van der Waals surface area contributed by atoms with Crippen molar-refractivity contribution in [1.82, 2.24) is 0 Å². The van der Waals surface area contributed by atoms with Crippen molar-refractivity contribution in [2.75, 3.05) is 0 Å². The molecule has 1 rings (SSSR count). The summed E-state index contributed by atoms with van der Waals surface area (Å²) in [5.41, 5.74) is 0. The van der Waals surface area contributed by atoms with Crippen LogP contribution in [-0.4, -0.2) is 5.78 Å². The molecule has 2 atom stereocenters. The number of hydrogen-bond acceptors (Lipinski definition) is 1. The zero-order valence-corrected chi connectivity index (χ0v) is 10.8. The number of hydrogen-bond donors (Lipinski definition) is 0. The lowest BCUT2D eigenvalue weighted by atomic mass is 9.72. The summed E-state index contributed by atoms with van der Waals surface area (Å²) in [5, 5.41) is 0. The summed E-state index contributed by atoms with van der Waals surface area (Å²) in [5.74, 6) is 2.74. The molecule has 0 radical (unpaired) electrons. The Morgan fingerprint density at radius 3 is 1.93 bits per heavy atom. The highest BCUT2D eigenvalue weighted by Gasteiger charge is 2.31. The molecule has 88 valence electrons. The minimum absolute atomic E-state index is 0.326. The molecule has 0 aromatic heterocycles. The van der Waals surface area contributed by atoms with Gasteiger partial charge >= 0.3 is 0 Å². The van der Waals surface area contributed by atoms with Gasteiger partial charge in [-0.2, -0.15) is 0 Å². The highest BCUT2D eigenvalue weighted by molar-refractivity contribution is 5.83. The van der Waals surface area contributed by atoms with Crippen molar-refractivity contribution in [2.24, 2.45) is 23.7 Å². The van der Waals surface area contributed by atoms with E-state index in [2.05, 4.69) is 27.7 Å². The second kappa shape index (κ2) is 5.67. The second-order valence-corrected chi connectivity index (χ2v) is 5.53. The Kier molecular flexibility index (Phi) is 4.82. The number of carbonyl (C=O) groups excluding carboxylic acids is 1. The third-order valence-electron chi connectivity index (χ3n) is 3.97. The van der Waals surface area contributed by atoms with Crippen LogP contribution in [0.1, 0.15) is 59.8 Å². The van der Waals surface area contributed by atoms with E-state index in [1.807, 2.05) is 0 Å². The van der Waals surface area contributed by atoms with Crippen molar-refractivity contribution in [3.05, 3.63) is 0 Å². The highest BCUT2D eigenvalue weighted by atomic mass is 16.1. The maximum absolute atomic E-state index is 12.3. The number of carbonyl (C=O) groups is 1. The summed E-state index contributed by atoms with van der Waals surface area (Å²) >= 11 is 0. The molecular weight excluding hydrogens is 184 g/mol. The normalized spacial score (nSPS) is 31.9. The van der Waals surface area contributed by atoms with Crippen molar-refractivity contribution >= 4 is 5.78 Å². The molecule has 0 N–H and O–H groups in total. The van der Waals surface area contributed by atoms with Gasteiger partial charge in [0.15, 0.2) is 0 Å². The first-order valence-corrected chi connectivity index (χ1v) is 6.62. The fourth-order valence-electron chi connectivity index (χ4n) is 3.20. The maximum atomic E-state index is 12.3. The summed E-state index contributed by atoms with van der Waals surface area (Å²) in [7, 11) is 0. The van der Waals surface area contributed by atoms with Gasteiger partial charge in [0.2, 0.25) is 0 Å². The molecule has 0 heterocycles. The molecule has 0 aliphatic heterocycles. The zero-order valence-electron chi connectivity index (χ0n) is 10.8. The quantitative estimate of drug-likeness (QED) is 0.683. The monoisotopic (exact) mass is 210 g/mol. The van der Waals surface area contributed by atoms with E-state index in [9.17, 15) is 4.79 Å². The average molecular weight is 210 g/mol. The summed E-state index contributed by atoms with van der Waals surface area (Å²) < 4.78 is 0. The molecule has 1 saturated carbocycles. The molecular formula is C14H26O. The van der Waals surface area contributed by atoms with Gasteiger partial charge in [0.05, 0.1) is 0 Å². The molecule has 0 amide bonds. The molecule has 0 bridgehead atoms. The van der Waals surface area contributed by atoms with Gasteiger partial charge in [0.25, 0.3) is 0 Å². The lowest BCUT2D eigenvalue weighted by molar-refractivity contribution is -0.129. The number of Topliss-reactive ketones (excluding diaryl/α,β-unsaturated/α-hetero) is 1. The Labute approximate surface area is 94.6 Å². The molecule has 1 fully saturated rings. The van der Waals surface area contributed by atoms with Crippen LogP contribution < -0.4 is 0 Å². The van der Waals surface area contributed by atoms with Crippen LogP contribution >= 0.6 is 0 Å². The van der Waals surface area contributed by atoms with E-state index in [0.717, 1.165) is 37.5 Å². The molecule has 1 nitrogen and oxygen atoms in total. The van der Waals surface area contributed by atoms with Gasteiger partial charge in [-0.3, -0.25) is 4.79 Å². The highest BCUT2D eigenvalue weighted by Crippen LogP contribution is 2.35. The second-order valence-electron chi connectivity index (χ2n) is 5.53. The third kappa shape index (κ3) is 3.32. The maximum Gasteiger partial charge on any atom is 0.139 e. The molecule has 2 unspecified atom stereocenters. The van der Waals surface area contributed by atoms with Crippen LogP contribution in [0.2, 0.25) is 0 Å². The predicted molar refractivity (Wildman–Crippen MR) is 64.7 cm³/mol. The molecule has 1 heteroatoms. The Hall–Kier alpha value is -0.330. The summed E-state index contributed by atoms with van der Waals surface area (Å²) in [6.45, 7) is 8.87. The summed E-state index contributed by atoms with van der Waals surface area (Å²) in [6.07, 6.45) is 5.63. The van der Waals surface area contributed by atoms with Crippen LogP contribution in [-0.2, 0) is 4.79 Å². The lowest BCUT2D eigenvalue weighted by Gasteiger charge is -2.32. The van der Waals surface area contributed by atoms with E-state index in [1.54, 1.807) is 0 Å². The van der Waals surface area contributed by atoms with Crippen LogP contribution in [0, 0.1) is 23.7 Å². The number of ketones is 1. The van der Waals surface area contributed by atoms with E-state index in [-0.39, 0.29) is 0 Å². The first kappa shape index (κ1) is 12.7. The smallest absolute Gasteiger partial charge is 0.139 e. The van der Waals surface area contributed by atoms with Crippen LogP contribution in [0.4, 0.5) is 0 Å². The Morgan fingerprint density at radius 1 is 1.07 bits per heavy atom. The molecule has 1 aliphatic carbocycles. The third-order valence-corrected chi connectivity index (χ3v) is 3.97. The predicted octanol–water partition coefficient (Wildman–Crippen LogP) is 4.06. The van der Waals surface area contributed by atoms with Crippen LogP contribution in [0.3, 0.4) is 0 Å². The summed E-state index contributed by atoms with van der Waals surface area (Å²) in [4.78, 5) is 12.3. The Morgan fingerprint density at radius 2 is 1.53 bits per heavy atom. The SMILES string of the molecule is CCC(CC)C(=O)C1CC(C)CC(C)C1. The van der Waals surface area contributed by atoms with Gasteiger partial charge in [0, 0.05) is 11.8 Å².